The van der Waals surface area contributed by atoms with Gasteiger partial charge in [0.15, 0.2) is 0 Å². The normalized spacial score (nSPS) is 16.2. The van der Waals surface area contributed by atoms with Gasteiger partial charge >= 0.3 is 0 Å². The van der Waals surface area contributed by atoms with Crippen molar-refractivity contribution in [2.24, 2.45) is 0 Å². The van der Waals surface area contributed by atoms with Crippen LogP contribution >= 0.6 is 0 Å². The summed E-state index contributed by atoms with van der Waals surface area (Å²) in [5.74, 6) is -0.720. The Balaban J connectivity index is 3.33. The predicted molar refractivity (Wildman–Crippen MR) is 63.8 cm³/mol. The Labute approximate surface area is 94.2 Å². The third-order valence-corrected chi connectivity index (χ3v) is 2.56. The summed E-state index contributed by atoms with van der Waals surface area (Å²) < 4.78 is 26.1. The van der Waals surface area contributed by atoms with Gasteiger partial charge in [0.2, 0.25) is 0 Å². The molecule has 0 saturated carbocycles. The number of aryl methyl sites for hydroxylation is 1. The molecule has 88 valence electrons. The highest BCUT2D eigenvalue weighted by Gasteiger charge is 2.08. The molecular formula is C13H17F2N. The van der Waals surface area contributed by atoms with Crippen LogP contribution in [0.1, 0.15) is 26.3 Å². The summed E-state index contributed by atoms with van der Waals surface area (Å²) in [7, 11) is 0. The summed E-state index contributed by atoms with van der Waals surface area (Å²) >= 11 is 0. The van der Waals surface area contributed by atoms with Crippen LogP contribution in [0.5, 0.6) is 0 Å². The molecule has 0 fully saturated rings. The van der Waals surface area contributed by atoms with Crippen LogP contribution in [0.25, 0.3) is 12.7 Å². The summed E-state index contributed by atoms with van der Waals surface area (Å²) in [6, 6.07) is 0. The van der Waals surface area contributed by atoms with Gasteiger partial charge in [-0.25, -0.2) is 8.78 Å². The number of alkyl halides is 1. The molecule has 0 aliphatic heterocycles. The van der Waals surface area contributed by atoms with Crippen LogP contribution < -0.4 is 10.6 Å². The average Bonchev–Trinajstić information content (AvgIpc) is 2.58. The monoisotopic (exact) mass is 225 g/mol. The number of hydrogen-bond acceptors (Lipinski definition) is 0. The fraction of sp³-hybridized carbons (Fsp3) is 0.385. The van der Waals surface area contributed by atoms with Gasteiger partial charge in [-0.2, -0.15) is 0 Å². The lowest BCUT2D eigenvalue weighted by atomic mass is 10.1. The predicted octanol–water partition coefficient (Wildman–Crippen LogP) is 2.37. The molecule has 1 aromatic heterocycles. The third-order valence-electron chi connectivity index (χ3n) is 2.56. The first-order valence-corrected chi connectivity index (χ1v) is 5.34. The van der Waals surface area contributed by atoms with Crippen LogP contribution in [0, 0.1) is 0 Å². The highest BCUT2D eigenvalue weighted by molar-refractivity contribution is 5.49. The summed E-state index contributed by atoms with van der Waals surface area (Å²) in [6.07, 6.45) is 2.76. The molecule has 1 unspecified atom stereocenters. The Kier molecular flexibility index (Phi) is 4.05. The van der Waals surface area contributed by atoms with E-state index < -0.39 is 12.0 Å². The second-order valence-electron chi connectivity index (χ2n) is 3.85. The molecule has 0 saturated heterocycles. The van der Waals surface area contributed by atoms with E-state index in [2.05, 4.69) is 11.6 Å². The number of H-pyrrole nitrogens is 1. The smallest absolute Gasteiger partial charge is 0.149 e. The molecule has 0 aliphatic rings. The Morgan fingerprint density at radius 3 is 2.75 bits per heavy atom. The fourth-order valence-corrected chi connectivity index (χ4v) is 1.60. The highest BCUT2D eigenvalue weighted by Crippen LogP contribution is 2.14. The molecule has 1 heterocycles. The van der Waals surface area contributed by atoms with Crippen LogP contribution in [0.15, 0.2) is 17.6 Å². The zero-order valence-corrected chi connectivity index (χ0v) is 9.90. The molecule has 0 aromatic carbocycles. The first kappa shape index (κ1) is 12.7. The summed E-state index contributed by atoms with van der Waals surface area (Å²) in [4.78, 5) is 2.98. The highest BCUT2D eigenvalue weighted by atomic mass is 19.2. The molecule has 1 N–H and O–H groups in total. The van der Waals surface area contributed by atoms with Crippen molar-refractivity contribution < 1.29 is 8.78 Å². The maximum Gasteiger partial charge on any atom is 0.149 e. The number of aromatic amines is 1. The third kappa shape index (κ3) is 2.60. The van der Waals surface area contributed by atoms with Gasteiger partial charge in [-0.15, -0.1) is 0 Å². The van der Waals surface area contributed by atoms with Gasteiger partial charge < -0.3 is 4.98 Å². The van der Waals surface area contributed by atoms with Gasteiger partial charge in [0.25, 0.3) is 0 Å². The second kappa shape index (κ2) is 5.10. The first-order chi connectivity index (χ1) is 7.47. The van der Waals surface area contributed by atoms with Crippen molar-refractivity contribution in [1.29, 1.82) is 0 Å². The number of allylic oxidation sites excluding steroid dienone is 2. The minimum atomic E-state index is -1.56. The largest absolute Gasteiger partial charge is 0.361 e. The van der Waals surface area contributed by atoms with Gasteiger partial charge in [0.1, 0.15) is 12.0 Å². The molecule has 1 atom stereocenters. The average molecular weight is 225 g/mol. The van der Waals surface area contributed by atoms with E-state index in [0.717, 1.165) is 22.6 Å². The topological polar surface area (TPSA) is 15.8 Å². The molecule has 16 heavy (non-hydrogen) atoms. The van der Waals surface area contributed by atoms with E-state index in [1.54, 1.807) is 13.0 Å². The number of aromatic nitrogens is 1. The minimum absolute atomic E-state index is 0.314. The molecule has 0 aliphatic carbocycles. The van der Waals surface area contributed by atoms with E-state index in [1.807, 2.05) is 13.1 Å². The quantitative estimate of drug-likeness (QED) is 0.813. The lowest BCUT2D eigenvalue weighted by Gasteiger charge is -2.00. The van der Waals surface area contributed by atoms with Crippen molar-refractivity contribution in [3.8, 4) is 0 Å². The zero-order chi connectivity index (χ0) is 12.3. The van der Waals surface area contributed by atoms with Crippen molar-refractivity contribution in [3.63, 3.8) is 0 Å². The van der Waals surface area contributed by atoms with Crippen molar-refractivity contribution in [2.45, 2.75) is 33.4 Å². The van der Waals surface area contributed by atoms with Gasteiger partial charge in [-0.3, -0.25) is 0 Å². The van der Waals surface area contributed by atoms with E-state index in [0.29, 0.717) is 5.57 Å². The summed E-state index contributed by atoms with van der Waals surface area (Å²) in [5.41, 5.74) is 1.37. The van der Waals surface area contributed by atoms with Crippen LogP contribution in [-0.2, 0) is 6.42 Å². The first-order valence-electron chi connectivity index (χ1n) is 5.34. The van der Waals surface area contributed by atoms with E-state index in [1.165, 1.54) is 6.92 Å². The van der Waals surface area contributed by atoms with Crippen molar-refractivity contribution in [3.05, 3.63) is 33.7 Å². The Hall–Kier alpha value is -1.38. The molecule has 0 bridgehead atoms. The molecule has 1 nitrogen and oxygen atoms in total. The second-order valence-corrected chi connectivity index (χ2v) is 3.85. The van der Waals surface area contributed by atoms with Crippen LogP contribution in [0.2, 0.25) is 0 Å². The van der Waals surface area contributed by atoms with Crippen LogP contribution in [0.3, 0.4) is 0 Å². The maximum atomic E-state index is 13.3. The molecule has 0 amide bonds. The Morgan fingerprint density at radius 1 is 1.62 bits per heavy atom. The van der Waals surface area contributed by atoms with Crippen molar-refractivity contribution in [2.75, 3.05) is 0 Å². The minimum Gasteiger partial charge on any atom is -0.361 e. The zero-order valence-electron chi connectivity index (χ0n) is 9.90. The molecular weight excluding hydrogens is 208 g/mol. The van der Waals surface area contributed by atoms with Gasteiger partial charge in [-0.05, 0) is 37.5 Å². The van der Waals surface area contributed by atoms with Crippen LogP contribution in [-0.4, -0.2) is 11.2 Å². The molecule has 1 rings (SSSR count). The summed E-state index contributed by atoms with van der Waals surface area (Å²) in [5, 5.41) is 1.59. The SMILES string of the molecule is C=c1[nH]cc(CC)/c1=C/C(C)=C(/F)C(C)F. The molecule has 1 aromatic rings. The van der Waals surface area contributed by atoms with Gasteiger partial charge in [0, 0.05) is 16.8 Å². The lowest BCUT2D eigenvalue weighted by molar-refractivity contribution is 0.347. The lowest BCUT2D eigenvalue weighted by Crippen LogP contribution is -2.23. The Morgan fingerprint density at radius 2 is 2.25 bits per heavy atom. The maximum absolute atomic E-state index is 13.3. The summed E-state index contributed by atoms with van der Waals surface area (Å²) in [6.45, 7) is 8.58. The van der Waals surface area contributed by atoms with Crippen LogP contribution in [0.4, 0.5) is 8.78 Å². The van der Waals surface area contributed by atoms with Gasteiger partial charge in [-0.1, -0.05) is 13.5 Å². The van der Waals surface area contributed by atoms with E-state index in [-0.39, 0.29) is 0 Å². The molecule has 0 spiro atoms. The van der Waals surface area contributed by atoms with E-state index in [4.69, 9.17) is 0 Å². The number of rotatable bonds is 3. The molecule has 3 heteroatoms. The van der Waals surface area contributed by atoms with Gasteiger partial charge in [0.05, 0.1) is 0 Å². The standard InChI is InChI=1S/C13H17F2N/c1-5-11-7-16-10(4)12(11)6-8(2)13(15)9(3)14/h6-7,9,16H,4-5H2,1-3H3/b12-6+,13-8+. The van der Waals surface area contributed by atoms with Crippen molar-refractivity contribution in [1.82, 2.24) is 4.98 Å². The fourth-order valence-electron chi connectivity index (χ4n) is 1.60. The number of nitrogens with one attached hydrogen (secondary N) is 1. The number of hydrogen-bond donors (Lipinski definition) is 1. The van der Waals surface area contributed by atoms with E-state index >= 15 is 0 Å². The van der Waals surface area contributed by atoms with Crippen molar-refractivity contribution >= 4 is 12.7 Å². The number of halogens is 2. The van der Waals surface area contributed by atoms with E-state index in [9.17, 15) is 8.78 Å². The molecule has 0 radical (unpaired) electrons. The Bertz CT molecular complexity index is 494.